The fourth-order valence-corrected chi connectivity index (χ4v) is 4.80. The summed E-state index contributed by atoms with van der Waals surface area (Å²) in [6.45, 7) is 8.57. The number of nitrogens with zero attached hydrogens (tertiary/aromatic N) is 1. The van der Waals surface area contributed by atoms with Gasteiger partial charge in [0.1, 0.15) is 0 Å². The average Bonchev–Trinajstić information content (AvgIpc) is 2.68. The summed E-state index contributed by atoms with van der Waals surface area (Å²) in [4.78, 5) is 15.2. The van der Waals surface area contributed by atoms with Crippen molar-refractivity contribution in [2.24, 2.45) is 11.8 Å². The Morgan fingerprint density at radius 1 is 1.40 bits per heavy atom. The normalized spacial score (nSPS) is 23.8. The fourth-order valence-electron chi connectivity index (χ4n) is 2.85. The molecule has 1 aromatic rings. The van der Waals surface area contributed by atoms with Crippen LogP contribution in [0.15, 0.2) is 14.3 Å². The van der Waals surface area contributed by atoms with Crippen LogP contribution in [-0.2, 0) is 0 Å². The van der Waals surface area contributed by atoms with E-state index in [1.54, 1.807) is 0 Å². The van der Waals surface area contributed by atoms with Crippen LogP contribution < -0.4 is 5.32 Å². The zero-order valence-electron chi connectivity index (χ0n) is 11.8. The van der Waals surface area contributed by atoms with Crippen molar-refractivity contribution < 1.29 is 4.79 Å². The lowest BCUT2D eigenvalue weighted by atomic mass is 9.92. The van der Waals surface area contributed by atoms with E-state index < -0.39 is 0 Å². The molecule has 1 N–H and O–H groups in total. The molecule has 2 unspecified atom stereocenters. The summed E-state index contributed by atoms with van der Waals surface area (Å²) in [6.07, 6.45) is 1.32. The molecule has 0 aliphatic carbocycles. The first-order chi connectivity index (χ1) is 9.45. The van der Waals surface area contributed by atoms with Crippen molar-refractivity contribution in [3.63, 3.8) is 0 Å². The Hall–Kier alpha value is 0.0900. The topological polar surface area (TPSA) is 32.3 Å². The second-order valence-electron chi connectivity index (χ2n) is 5.69. The summed E-state index contributed by atoms with van der Waals surface area (Å²) in [7, 11) is 0. The van der Waals surface area contributed by atoms with Crippen LogP contribution in [0.2, 0.25) is 0 Å². The van der Waals surface area contributed by atoms with Gasteiger partial charge in [-0.3, -0.25) is 4.79 Å². The van der Waals surface area contributed by atoms with E-state index in [1.807, 2.05) is 6.07 Å². The SMILES string of the molecule is CC1CC(C)CN(CCNC(=O)c2cc(Br)c(Br)s2)C1. The first-order valence-electron chi connectivity index (χ1n) is 6.91. The molecule has 0 saturated carbocycles. The molecule has 2 atom stereocenters. The third-order valence-corrected chi connectivity index (χ3v) is 6.78. The molecule has 2 heterocycles. The number of likely N-dealkylation sites (tertiary alicyclic amines) is 1. The Bertz CT molecular complexity index is 448. The molecule has 3 nitrogen and oxygen atoms in total. The lowest BCUT2D eigenvalue weighted by molar-refractivity contribution is 0.0940. The monoisotopic (exact) mass is 422 g/mol. The van der Waals surface area contributed by atoms with E-state index in [4.69, 9.17) is 0 Å². The molecule has 1 aliphatic heterocycles. The Morgan fingerprint density at radius 2 is 2.05 bits per heavy atom. The Labute approximate surface area is 141 Å². The van der Waals surface area contributed by atoms with Gasteiger partial charge in [0.2, 0.25) is 0 Å². The van der Waals surface area contributed by atoms with Crippen molar-refractivity contribution >= 4 is 49.1 Å². The number of amides is 1. The molecular weight excluding hydrogens is 404 g/mol. The second-order valence-corrected chi connectivity index (χ2v) is 8.92. The van der Waals surface area contributed by atoms with Gasteiger partial charge in [-0.25, -0.2) is 0 Å². The molecule has 0 spiro atoms. The van der Waals surface area contributed by atoms with Crippen LogP contribution in [0.25, 0.3) is 0 Å². The minimum Gasteiger partial charge on any atom is -0.350 e. The maximum Gasteiger partial charge on any atom is 0.261 e. The fraction of sp³-hybridized carbons (Fsp3) is 0.643. The van der Waals surface area contributed by atoms with Crippen molar-refractivity contribution in [1.82, 2.24) is 10.2 Å². The molecule has 2 rings (SSSR count). The summed E-state index contributed by atoms with van der Waals surface area (Å²) in [5, 5.41) is 3.00. The Balaban J connectivity index is 1.76. The highest BCUT2D eigenvalue weighted by Crippen LogP contribution is 2.32. The highest BCUT2D eigenvalue weighted by atomic mass is 79.9. The summed E-state index contributed by atoms with van der Waals surface area (Å²) >= 11 is 8.27. The number of hydrogen-bond acceptors (Lipinski definition) is 3. The number of halogens is 2. The van der Waals surface area contributed by atoms with Crippen LogP contribution in [0, 0.1) is 11.8 Å². The van der Waals surface area contributed by atoms with Gasteiger partial charge in [0.25, 0.3) is 5.91 Å². The van der Waals surface area contributed by atoms with Gasteiger partial charge in [0.05, 0.1) is 8.66 Å². The lowest BCUT2D eigenvalue weighted by Gasteiger charge is -2.34. The van der Waals surface area contributed by atoms with Crippen LogP contribution in [0.5, 0.6) is 0 Å². The minimum absolute atomic E-state index is 0.0134. The Kier molecular flexibility index (Phi) is 6.08. The summed E-state index contributed by atoms with van der Waals surface area (Å²) in [6, 6.07) is 1.86. The molecule has 0 aromatic carbocycles. The van der Waals surface area contributed by atoms with Gasteiger partial charge in [-0.05, 0) is 56.2 Å². The molecule has 112 valence electrons. The van der Waals surface area contributed by atoms with Crippen LogP contribution in [0.1, 0.15) is 29.9 Å². The van der Waals surface area contributed by atoms with E-state index in [-0.39, 0.29) is 5.91 Å². The largest absolute Gasteiger partial charge is 0.350 e. The zero-order chi connectivity index (χ0) is 14.7. The van der Waals surface area contributed by atoms with Gasteiger partial charge >= 0.3 is 0 Å². The van der Waals surface area contributed by atoms with Crippen LogP contribution in [0.3, 0.4) is 0 Å². The van der Waals surface area contributed by atoms with Gasteiger partial charge in [-0.15, -0.1) is 11.3 Å². The van der Waals surface area contributed by atoms with E-state index in [9.17, 15) is 4.79 Å². The van der Waals surface area contributed by atoms with Gasteiger partial charge in [0.15, 0.2) is 0 Å². The zero-order valence-corrected chi connectivity index (χ0v) is 15.8. The Morgan fingerprint density at radius 3 is 2.60 bits per heavy atom. The predicted molar refractivity (Wildman–Crippen MR) is 91.4 cm³/mol. The van der Waals surface area contributed by atoms with Gasteiger partial charge in [0, 0.05) is 30.7 Å². The maximum absolute atomic E-state index is 12.0. The molecule has 1 saturated heterocycles. The molecule has 1 fully saturated rings. The number of thiophene rings is 1. The summed E-state index contributed by atoms with van der Waals surface area (Å²) in [5.41, 5.74) is 0. The van der Waals surface area contributed by atoms with Gasteiger partial charge < -0.3 is 10.2 Å². The minimum atomic E-state index is 0.0134. The first kappa shape index (κ1) is 16.5. The highest BCUT2D eigenvalue weighted by molar-refractivity contribution is 9.13. The molecule has 1 aliphatic rings. The second kappa shape index (κ2) is 7.38. The molecular formula is C14H20Br2N2OS. The first-order valence-corrected chi connectivity index (χ1v) is 9.31. The van der Waals surface area contributed by atoms with Crippen LogP contribution in [-0.4, -0.2) is 37.0 Å². The van der Waals surface area contributed by atoms with Crippen LogP contribution in [0.4, 0.5) is 0 Å². The highest BCUT2D eigenvalue weighted by Gasteiger charge is 2.21. The summed E-state index contributed by atoms with van der Waals surface area (Å²) < 4.78 is 1.90. The molecule has 1 amide bonds. The van der Waals surface area contributed by atoms with E-state index >= 15 is 0 Å². The van der Waals surface area contributed by atoms with Crippen molar-refractivity contribution in [2.75, 3.05) is 26.2 Å². The van der Waals surface area contributed by atoms with Gasteiger partial charge in [-0.2, -0.15) is 0 Å². The number of carbonyl (C=O) groups is 1. The number of piperidine rings is 1. The average molecular weight is 424 g/mol. The van der Waals surface area contributed by atoms with E-state index in [2.05, 4.69) is 55.9 Å². The number of hydrogen-bond donors (Lipinski definition) is 1. The van der Waals surface area contributed by atoms with E-state index in [1.165, 1.54) is 17.8 Å². The molecule has 1 aromatic heterocycles. The number of nitrogens with one attached hydrogen (secondary N) is 1. The summed E-state index contributed by atoms with van der Waals surface area (Å²) in [5.74, 6) is 1.54. The smallest absolute Gasteiger partial charge is 0.261 e. The molecule has 20 heavy (non-hydrogen) atoms. The van der Waals surface area contributed by atoms with Crippen molar-refractivity contribution in [3.05, 3.63) is 19.2 Å². The predicted octanol–water partition coefficient (Wildman–Crippen LogP) is 3.98. The quantitative estimate of drug-likeness (QED) is 0.794. The standard InChI is InChI=1S/C14H20Br2N2OS/c1-9-5-10(2)8-18(7-9)4-3-17-14(19)12-6-11(15)13(16)20-12/h6,9-10H,3-5,7-8H2,1-2H3,(H,17,19). The molecule has 0 radical (unpaired) electrons. The van der Waals surface area contributed by atoms with Crippen molar-refractivity contribution in [3.8, 4) is 0 Å². The lowest BCUT2D eigenvalue weighted by Crippen LogP contribution is -2.42. The molecule has 6 heteroatoms. The number of rotatable bonds is 4. The van der Waals surface area contributed by atoms with E-state index in [0.717, 1.165) is 44.6 Å². The van der Waals surface area contributed by atoms with Crippen LogP contribution >= 0.6 is 43.2 Å². The van der Waals surface area contributed by atoms with Gasteiger partial charge in [-0.1, -0.05) is 13.8 Å². The third kappa shape index (κ3) is 4.55. The van der Waals surface area contributed by atoms with Crippen molar-refractivity contribution in [2.45, 2.75) is 20.3 Å². The van der Waals surface area contributed by atoms with E-state index in [0.29, 0.717) is 6.54 Å². The maximum atomic E-state index is 12.0. The van der Waals surface area contributed by atoms with Crippen molar-refractivity contribution in [1.29, 1.82) is 0 Å². The molecule has 0 bridgehead atoms. The third-order valence-electron chi connectivity index (χ3n) is 3.53. The number of carbonyl (C=O) groups excluding carboxylic acids is 1.